The van der Waals surface area contributed by atoms with Gasteiger partial charge in [0, 0.05) is 5.39 Å². The van der Waals surface area contributed by atoms with Gasteiger partial charge in [0.15, 0.2) is 5.65 Å². The Morgan fingerprint density at radius 1 is 1.29 bits per heavy atom. The number of aromatic nitrogens is 4. The maximum atomic E-state index is 13.3. The molecule has 1 aromatic carbocycles. The predicted molar refractivity (Wildman–Crippen MR) is 58.9 cm³/mol. The van der Waals surface area contributed by atoms with Crippen LogP contribution in [0.5, 0.6) is 0 Å². The number of benzene rings is 1. The van der Waals surface area contributed by atoms with Crippen LogP contribution in [0.3, 0.4) is 0 Å². The summed E-state index contributed by atoms with van der Waals surface area (Å²) in [6.07, 6.45) is 0. The molecule has 0 radical (unpaired) electrons. The Morgan fingerprint density at radius 2 is 2.06 bits per heavy atom. The highest BCUT2D eigenvalue weighted by Crippen LogP contribution is 2.22. The maximum absolute atomic E-state index is 13.3. The van der Waals surface area contributed by atoms with Crippen LogP contribution in [0, 0.1) is 5.82 Å². The summed E-state index contributed by atoms with van der Waals surface area (Å²) in [5.41, 5.74) is -0.968. The average molecular weight is 255 g/mol. The lowest BCUT2D eigenvalue weighted by atomic mass is 10.2. The van der Waals surface area contributed by atoms with Gasteiger partial charge in [-0.2, -0.15) is 9.50 Å². The van der Waals surface area contributed by atoms with Gasteiger partial charge in [-0.25, -0.2) is 19.1 Å². The third-order valence-corrected chi connectivity index (χ3v) is 2.71. The largest absolute Gasteiger partial charge is 0.351 e. The summed E-state index contributed by atoms with van der Waals surface area (Å²) in [6.45, 7) is 0. The minimum Gasteiger partial charge on any atom is -0.306 e. The van der Waals surface area contributed by atoms with E-state index in [-0.39, 0.29) is 10.7 Å². The number of nitrogens with one attached hydrogen (secondary N) is 2. The lowest BCUT2D eigenvalue weighted by molar-refractivity contribution is 0.630. The summed E-state index contributed by atoms with van der Waals surface area (Å²) in [4.78, 5) is 25.3. The number of aromatic amines is 2. The van der Waals surface area contributed by atoms with Gasteiger partial charge in [0.05, 0.1) is 10.5 Å². The van der Waals surface area contributed by atoms with Crippen LogP contribution in [-0.2, 0) is 0 Å². The summed E-state index contributed by atoms with van der Waals surface area (Å²) in [6, 6.07) is 2.38. The Labute approximate surface area is 96.7 Å². The van der Waals surface area contributed by atoms with Crippen molar-refractivity contribution in [1.29, 1.82) is 0 Å². The van der Waals surface area contributed by atoms with Crippen molar-refractivity contribution in [3.05, 3.63) is 43.9 Å². The molecule has 2 N–H and O–H groups in total. The molecule has 0 aliphatic heterocycles. The second-order valence-electron chi connectivity index (χ2n) is 3.43. The molecule has 8 heteroatoms. The molecule has 0 unspecified atom stereocenters. The number of halogens is 2. The number of fused-ring (bicyclic) bond motifs is 3. The predicted octanol–water partition coefficient (Wildman–Crippen LogP) is 0.657. The van der Waals surface area contributed by atoms with Crippen molar-refractivity contribution >= 4 is 28.2 Å². The van der Waals surface area contributed by atoms with Crippen LogP contribution in [0.1, 0.15) is 0 Å². The maximum Gasteiger partial charge on any atom is 0.351 e. The van der Waals surface area contributed by atoms with Crippen molar-refractivity contribution in [1.82, 2.24) is 19.6 Å². The van der Waals surface area contributed by atoms with Crippen LogP contribution < -0.4 is 11.4 Å². The first kappa shape index (κ1) is 10.0. The molecular formula is C9H4ClFN4O2. The van der Waals surface area contributed by atoms with Crippen molar-refractivity contribution in [2.24, 2.45) is 0 Å². The molecule has 17 heavy (non-hydrogen) atoms. The van der Waals surface area contributed by atoms with Gasteiger partial charge in [0.25, 0.3) is 0 Å². The average Bonchev–Trinajstić information content (AvgIpc) is 2.65. The van der Waals surface area contributed by atoms with E-state index in [2.05, 4.69) is 15.2 Å². The highest BCUT2D eigenvalue weighted by molar-refractivity contribution is 6.31. The van der Waals surface area contributed by atoms with Crippen molar-refractivity contribution in [3.63, 3.8) is 0 Å². The quantitative estimate of drug-likeness (QED) is 0.618. The molecule has 0 aliphatic rings. The van der Waals surface area contributed by atoms with Crippen molar-refractivity contribution in [2.75, 3.05) is 0 Å². The second-order valence-corrected chi connectivity index (χ2v) is 3.84. The highest BCUT2D eigenvalue weighted by atomic mass is 35.5. The smallest absolute Gasteiger partial charge is 0.306 e. The van der Waals surface area contributed by atoms with Crippen molar-refractivity contribution < 1.29 is 4.39 Å². The topological polar surface area (TPSA) is 83.0 Å². The molecule has 0 aliphatic carbocycles. The summed E-state index contributed by atoms with van der Waals surface area (Å²) in [5, 5.41) is 5.98. The van der Waals surface area contributed by atoms with Gasteiger partial charge in [-0.1, -0.05) is 11.6 Å². The van der Waals surface area contributed by atoms with Gasteiger partial charge in [-0.3, -0.25) is 0 Å². The molecule has 3 rings (SSSR count). The first-order valence-corrected chi connectivity index (χ1v) is 4.94. The number of hydrogen-bond acceptors (Lipinski definition) is 3. The standard InChI is InChI=1S/C9H4ClFN4O2/c10-4-2-6-3(1-5(4)11)7-13-14-9(17)15(7)8(16)12-6/h1-2H,(H,12,16)(H,14,17). The zero-order chi connectivity index (χ0) is 12.2. The van der Waals surface area contributed by atoms with Gasteiger partial charge in [0.1, 0.15) is 5.82 Å². The third kappa shape index (κ3) is 1.29. The summed E-state index contributed by atoms with van der Waals surface area (Å²) >= 11 is 5.60. The van der Waals surface area contributed by atoms with E-state index in [1.54, 1.807) is 0 Å². The molecule has 0 atom stereocenters. The zero-order valence-electron chi connectivity index (χ0n) is 8.12. The Morgan fingerprint density at radius 3 is 2.82 bits per heavy atom. The van der Waals surface area contributed by atoms with Crippen LogP contribution >= 0.6 is 11.6 Å². The summed E-state index contributed by atoms with van der Waals surface area (Å²) in [5.74, 6) is -0.649. The van der Waals surface area contributed by atoms with Crippen LogP contribution in [-0.4, -0.2) is 19.6 Å². The lowest BCUT2D eigenvalue weighted by Crippen LogP contribution is -2.26. The van der Waals surface area contributed by atoms with E-state index in [1.807, 2.05) is 0 Å². The van der Waals surface area contributed by atoms with Crippen LogP contribution in [0.4, 0.5) is 4.39 Å². The van der Waals surface area contributed by atoms with Crippen molar-refractivity contribution in [3.8, 4) is 0 Å². The Kier molecular flexibility index (Phi) is 1.87. The fraction of sp³-hybridized carbons (Fsp3) is 0. The van der Waals surface area contributed by atoms with E-state index < -0.39 is 17.2 Å². The van der Waals surface area contributed by atoms with Gasteiger partial charge >= 0.3 is 11.4 Å². The molecule has 2 heterocycles. The molecule has 0 amide bonds. The fourth-order valence-corrected chi connectivity index (χ4v) is 1.84. The number of H-pyrrole nitrogens is 2. The molecule has 0 bridgehead atoms. The normalized spacial score (nSPS) is 11.4. The van der Waals surface area contributed by atoms with Gasteiger partial charge in [-0.15, -0.1) is 0 Å². The lowest BCUT2D eigenvalue weighted by Gasteiger charge is -2.00. The van der Waals surface area contributed by atoms with E-state index in [0.29, 0.717) is 10.9 Å². The first-order valence-electron chi connectivity index (χ1n) is 4.56. The van der Waals surface area contributed by atoms with Crippen LogP contribution in [0.15, 0.2) is 21.7 Å². The van der Waals surface area contributed by atoms with E-state index in [1.165, 1.54) is 6.07 Å². The van der Waals surface area contributed by atoms with Crippen molar-refractivity contribution in [2.45, 2.75) is 0 Å². The Hall–Kier alpha value is -2.15. The molecule has 6 nitrogen and oxygen atoms in total. The van der Waals surface area contributed by atoms with Gasteiger partial charge in [0.2, 0.25) is 0 Å². The summed E-state index contributed by atoms with van der Waals surface area (Å²) < 4.78 is 14.1. The van der Waals surface area contributed by atoms with Gasteiger partial charge in [-0.05, 0) is 12.1 Å². The molecule has 3 aromatic rings. The third-order valence-electron chi connectivity index (χ3n) is 2.42. The van der Waals surface area contributed by atoms with E-state index >= 15 is 0 Å². The first-order chi connectivity index (χ1) is 8.08. The van der Waals surface area contributed by atoms with Crippen LogP contribution in [0.2, 0.25) is 5.02 Å². The van der Waals surface area contributed by atoms with E-state index in [9.17, 15) is 14.0 Å². The summed E-state index contributed by atoms with van der Waals surface area (Å²) in [7, 11) is 0. The number of nitrogens with zero attached hydrogens (tertiary/aromatic N) is 2. The SMILES string of the molecule is O=c1[nH]nc2c3cc(F)c(Cl)cc3[nH]c(=O)n12. The minimum absolute atomic E-state index is 0.0596. The second kappa shape index (κ2) is 3.17. The molecule has 0 saturated heterocycles. The van der Waals surface area contributed by atoms with Crippen LogP contribution in [0.25, 0.3) is 16.6 Å². The molecule has 86 valence electrons. The molecule has 0 fully saturated rings. The monoisotopic (exact) mass is 254 g/mol. The Balaban J connectivity index is 2.69. The van der Waals surface area contributed by atoms with E-state index in [4.69, 9.17) is 11.6 Å². The number of rotatable bonds is 0. The number of hydrogen-bond donors (Lipinski definition) is 2. The minimum atomic E-state index is -0.682. The molecule has 2 aromatic heterocycles. The zero-order valence-corrected chi connectivity index (χ0v) is 8.88. The fourth-order valence-electron chi connectivity index (χ4n) is 1.67. The van der Waals surface area contributed by atoms with Gasteiger partial charge < -0.3 is 4.98 Å². The highest BCUT2D eigenvalue weighted by Gasteiger charge is 2.11. The molecule has 0 saturated carbocycles. The Bertz CT molecular complexity index is 863. The van der Waals surface area contributed by atoms with E-state index in [0.717, 1.165) is 10.5 Å². The molecule has 0 spiro atoms. The molecular weight excluding hydrogens is 251 g/mol.